The summed E-state index contributed by atoms with van der Waals surface area (Å²) in [5.41, 5.74) is 0.460. The largest absolute Gasteiger partial charge is 0.451 e. The van der Waals surface area contributed by atoms with Crippen LogP contribution < -0.4 is 4.31 Å². The van der Waals surface area contributed by atoms with Gasteiger partial charge in [-0.3, -0.25) is 13.9 Å². The third-order valence-electron chi connectivity index (χ3n) is 5.53. The van der Waals surface area contributed by atoms with Crippen LogP contribution in [0.4, 0.5) is 5.69 Å². The average Bonchev–Trinajstić information content (AvgIpc) is 2.90. The van der Waals surface area contributed by atoms with Crippen molar-refractivity contribution >= 4 is 38.4 Å². The lowest BCUT2D eigenvalue weighted by atomic mass is 10.1. The summed E-state index contributed by atoms with van der Waals surface area (Å²) in [4.78, 5) is 27.0. The van der Waals surface area contributed by atoms with Crippen molar-refractivity contribution in [2.24, 2.45) is 0 Å². The fraction of sp³-hybridized carbons (Fsp3) is 0.429. The topological polar surface area (TPSA) is 84.0 Å². The van der Waals surface area contributed by atoms with Crippen molar-refractivity contribution in [2.45, 2.75) is 43.6 Å². The zero-order chi connectivity index (χ0) is 20.6. The number of amides is 1. The van der Waals surface area contributed by atoms with Gasteiger partial charge in [-0.1, -0.05) is 37.1 Å². The van der Waals surface area contributed by atoms with Gasteiger partial charge in [-0.25, -0.2) is 8.42 Å². The molecule has 0 radical (unpaired) electrons. The van der Waals surface area contributed by atoms with E-state index in [1.54, 1.807) is 30.0 Å². The number of anilines is 1. The monoisotopic (exact) mass is 416 g/mol. The number of carbonyl (C=O) groups is 2. The number of rotatable bonds is 4. The number of ether oxygens (including phenoxy) is 1. The van der Waals surface area contributed by atoms with Crippen molar-refractivity contribution in [2.75, 3.05) is 23.9 Å². The quantitative estimate of drug-likeness (QED) is 0.716. The van der Waals surface area contributed by atoms with Gasteiger partial charge in [-0.2, -0.15) is 0 Å². The Hall–Kier alpha value is -2.61. The maximum absolute atomic E-state index is 12.9. The third kappa shape index (κ3) is 3.57. The van der Waals surface area contributed by atoms with E-state index < -0.39 is 28.6 Å². The summed E-state index contributed by atoms with van der Waals surface area (Å²) in [5.74, 6) is -0.969. The van der Waals surface area contributed by atoms with Gasteiger partial charge in [0.2, 0.25) is 0 Å². The van der Waals surface area contributed by atoms with Gasteiger partial charge < -0.3 is 9.64 Å². The molecule has 8 heteroatoms. The Bertz CT molecular complexity index is 1050. The molecule has 154 valence electrons. The molecule has 2 aromatic carbocycles. The van der Waals surface area contributed by atoms with E-state index in [4.69, 9.17) is 4.74 Å². The maximum atomic E-state index is 12.9. The first-order valence-electron chi connectivity index (χ1n) is 9.92. The summed E-state index contributed by atoms with van der Waals surface area (Å²) in [6.45, 7) is 2.41. The molecule has 0 bridgehead atoms. The van der Waals surface area contributed by atoms with Crippen LogP contribution in [0.2, 0.25) is 0 Å². The van der Waals surface area contributed by atoms with Gasteiger partial charge in [0, 0.05) is 18.5 Å². The highest BCUT2D eigenvalue weighted by molar-refractivity contribution is 7.93. The van der Waals surface area contributed by atoms with Crippen molar-refractivity contribution in [3.8, 4) is 0 Å². The highest BCUT2D eigenvalue weighted by Gasteiger charge is 2.37. The summed E-state index contributed by atoms with van der Waals surface area (Å²) >= 11 is 0. The van der Waals surface area contributed by atoms with Crippen molar-refractivity contribution in [3.63, 3.8) is 0 Å². The van der Waals surface area contributed by atoms with Crippen LogP contribution in [0.3, 0.4) is 0 Å². The molecule has 4 rings (SSSR count). The Kier molecular flexibility index (Phi) is 5.21. The lowest BCUT2D eigenvalue weighted by Gasteiger charge is -2.25. The molecule has 1 saturated heterocycles. The Balaban J connectivity index is 1.49. The van der Waals surface area contributed by atoms with E-state index >= 15 is 0 Å². The smallest absolute Gasteiger partial charge is 0.327 e. The second-order valence-electron chi connectivity index (χ2n) is 7.51. The Morgan fingerprint density at radius 1 is 1.03 bits per heavy atom. The van der Waals surface area contributed by atoms with Gasteiger partial charge >= 0.3 is 5.97 Å². The molecule has 2 aliphatic rings. The Morgan fingerprint density at radius 3 is 2.38 bits per heavy atom. The molecule has 0 aliphatic carbocycles. The van der Waals surface area contributed by atoms with Crippen molar-refractivity contribution < 1.29 is 22.7 Å². The second-order valence-corrected chi connectivity index (χ2v) is 9.35. The molecule has 0 unspecified atom stereocenters. The van der Waals surface area contributed by atoms with Gasteiger partial charge in [-0.15, -0.1) is 0 Å². The van der Waals surface area contributed by atoms with E-state index in [0.29, 0.717) is 24.2 Å². The summed E-state index contributed by atoms with van der Waals surface area (Å²) in [6, 6.07) is 10.3. The average molecular weight is 416 g/mol. The molecule has 1 fully saturated rings. The lowest BCUT2D eigenvalue weighted by Crippen LogP contribution is -2.42. The minimum absolute atomic E-state index is 0.187. The Labute approximate surface area is 170 Å². The maximum Gasteiger partial charge on any atom is 0.327 e. The molecular weight excluding hydrogens is 392 g/mol. The minimum atomic E-state index is -3.84. The summed E-state index contributed by atoms with van der Waals surface area (Å²) in [5, 5.41) is 1.40. The van der Waals surface area contributed by atoms with Gasteiger partial charge in [0.1, 0.15) is 6.54 Å². The number of likely N-dealkylation sites (tertiary alicyclic amines) is 1. The molecule has 2 aliphatic heterocycles. The molecule has 29 heavy (non-hydrogen) atoms. The number of sulfonamides is 1. The summed E-state index contributed by atoms with van der Waals surface area (Å²) in [6.07, 6.45) is 3.14. The predicted molar refractivity (Wildman–Crippen MR) is 109 cm³/mol. The van der Waals surface area contributed by atoms with Crippen LogP contribution in [-0.4, -0.2) is 50.9 Å². The predicted octanol–water partition coefficient (Wildman–Crippen LogP) is 2.68. The number of hydrogen-bond donors (Lipinski definition) is 0. The van der Waals surface area contributed by atoms with E-state index in [-0.39, 0.29) is 10.8 Å². The van der Waals surface area contributed by atoms with Crippen LogP contribution in [0.5, 0.6) is 0 Å². The molecule has 1 atom stereocenters. The molecule has 0 saturated carbocycles. The zero-order valence-corrected chi connectivity index (χ0v) is 17.2. The molecular formula is C21H24N2O5S. The molecule has 0 spiro atoms. The molecule has 0 N–H and O–H groups in total. The highest BCUT2D eigenvalue weighted by Crippen LogP contribution is 2.41. The normalized spacial score (nSPS) is 19.1. The van der Waals surface area contributed by atoms with Crippen molar-refractivity contribution in [1.82, 2.24) is 4.90 Å². The number of hydrogen-bond acceptors (Lipinski definition) is 5. The first kappa shape index (κ1) is 19.7. The fourth-order valence-corrected chi connectivity index (χ4v) is 5.73. The lowest BCUT2D eigenvalue weighted by molar-refractivity contribution is -0.157. The third-order valence-corrected chi connectivity index (χ3v) is 7.33. The van der Waals surface area contributed by atoms with Crippen LogP contribution >= 0.6 is 0 Å². The molecule has 1 amide bonds. The first-order chi connectivity index (χ1) is 13.9. The van der Waals surface area contributed by atoms with Gasteiger partial charge in [-0.05, 0) is 37.3 Å². The standard InChI is InChI=1S/C21H24N2O5S/c1-15(21(25)22-12-4-2-3-5-13-22)28-19(24)14-23-17-10-6-8-16-9-7-11-18(20(16)17)29(23,26)27/h6-11,15H,2-5,12-14H2,1H3/t15-/m1/s1. The Morgan fingerprint density at radius 2 is 1.69 bits per heavy atom. The number of esters is 1. The van der Waals surface area contributed by atoms with Gasteiger partial charge in [0.05, 0.1) is 10.6 Å². The van der Waals surface area contributed by atoms with Crippen molar-refractivity contribution in [3.05, 3.63) is 36.4 Å². The van der Waals surface area contributed by atoms with E-state index in [1.807, 2.05) is 12.1 Å². The van der Waals surface area contributed by atoms with E-state index in [2.05, 4.69) is 0 Å². The van der Waals surface area contributed by atoms with Crippen LogP contribution in [0, 0.1) is 0 Å². The molecule has 7 nitrogen and oxygen atoms in total. The molecule has 2 aromatic rings. The number of nitrogens with zero attached hydrogens (tertiary/aromatic N) is 2. The summed E-state index contributed by atoms with van der Waals surface area (Å²) in [7, 11) is -3.84. The van der Waals surface area contributed by atoms with Gasteiger partial charge in [0.25, 0.3) is 15.9 Å². The highest BCUT2D eigenvalue weighted by atomic mass is 32.2. The van der Waals surface area contributed by atoms with Gasteiger partial charge in [0.15, 0.2) is 6.10 Å². The van der Waals surface area contributed by atoms with Crippen LogP contribution in [0.1, 0.15) is 32.6 Å². The fourth-order valence-electron chi connectivity index (χ4n) is 4.08. The van der Waals surface area contributed by atoms with E-state index in [0.717, 1.165) is 35.4 Å². The van der Waals surface area contributed by atoms with E-state index in [1.165, 1.54) is 6.07 Å². The SMILES string of the molecule is C[C@@H](OC(=O)CN1c2cccc3cccc(c23)S1(=O)=O)C(=O)N1CCCCCC1. The minimum Gasteiger partial charge on any atom is -0.451 e. The first-order valence-corrected chi connectivity index (χ1v) is 11.4. The number of carbonyl (C=O) groups excluding carboxylic acids is 2. The molecule has 0 aromatic heterocycles. The second kappa shape index (κ2) is 7.67. The van der Waals surface area contributed by atoms with E-state index in [9.17, 15) is 18.0 Å². The molecule has 2 heterocycles. The van der Waals surface area contributed by atoms with Crippen LogP contribution in [0.15, 0.2) is 41.3 Å². The zero-order valence-electron chi connectivity index (χ0n) is 16.3. The summed E-state index contributed by atoms with van der Waals surface area (Å²) < 4.78 is 32.3. The van der Waals surface area contributed by atoms with Crippen LogP contribution in [-0.2, 0) is 24.3 Å². The van der Waals surface area contributed by atoms with Crippen LogP contribution in [0.25, 0.3) is 10.8 Å². The van der Waals surface area contributed by atoms with Crippen molar-refractivity contribution in [1.29, 1.82) is 0 Å². The number of benzene rings is 2.